The summed E-state index contributed by atoms with van der Waals surface area (Å²) in [5.41, 5.74) is 0. The third-order valence-electron chi connectivity index (χ3n) is 4.15. The van der Waals surface area contributed by atoms with Crippen LogP contribution in [0.4, 0.5) is 0 Å². The van der Waals surface area contributed by atoms with Crippen molar-refractivity contribution < 1.29 is 9.15 Å². The maximum absolute atomic E-state index is 5.66. The molecule has 0 spiro atoms. The van der Waals surface area contributed by atoms with E-state index in [9.17, 15) is 0 Å². The first-order chi connectivity index (χ1) is 12.3. The highest BCUT2D eigenvalue weighted by molar-refractivity contribution is 5.79. The summed E-state index contributed by atoms with van der Waals surface area (Å²) in [7, 11) is 0. The second kappa shape index (κ2) is 9.22. The van der Waals surface area contributed by atoms with Gasteiger partial charge in [0, 0.05) is 32.7 Å². The van der Waals surface area contributed by atoms with Crippen LogP contribution in [0.5, 0.6) is 0 Å². The quantitative estimate of drug-likeness (QED) is 0.554. The van der Waals surface area contributed by atoms with Gasteiger partial charge in [0.15, 0.2) is 5.96 Å². The summed E-state index contributed by atoms with van der Waals surface area (Å²) in [5, 5.41) is 14.8. The van der Waals surface area contributed by atoms with Crippen molar-refractivity contribution in [2.24, 2.45) is 4.99 Å². The minimum Gasteiger partial charge on any atom is -0.467 e. The number of hydrogen-bond donors (Lipinski definition) is 2. The number of aromatic nitrogens is 3. The van der Waals surface area contributed by atoms with Gasteiger partial charge >= 0.3 is 0 Å². The molecule has 0 radical (unpaired) electrons. The van der Waals surface area contributed by atoms with Crippen molar-refractivity contribution in [2.75, 3.05) is 19.7 Å². The summed E-state index contributed by atoms with van der Waals surface area (Å²) < 4.78 is 13.1. The number of nitrogens with one attached hydrogen (secondary N) is 2. The molecular formula is C17H26N6O2. The molecule has 3 rings (SSSR count). The predicted octanol–water partition coefficient (Wildman–Crippen LogP) is 1.35. The predicted molar refractivity (Wildman–Crippen MR) is 94.2 cm³/mol. The monoisotopic (exact) mass is 346 g/mol. The zero-order valence-electron chi connectivity index (χ0n) is 14.6. The highest BCUT2D eigenvalue weighted by Crippen LogP contribution is 2.10. The molecular weight excluding hydrogens is 320 g/mol. The van der Waals surface area contributed by atoms with Crippen LogP contribution >= 0.6 is 0 Å². The van der Waals surface area contributed by atoms with Gasteiger partial charge in [0.25, 0.3) is 0 Å². The van der Waals surface area contributed by atoms with Gasteiger partial charge in [-0.1, -0.05) is 6.92 Å². The van der Waals surface area contributed by atoms with Crippen LogP contribution in [-0.4, -0.2) is 46.5 Å². The number of aliphatic imine (C=N–C) groups is 1. The van der Waals surface area contributed by atoms with Gasteiger partial charge in [0.1, 0.15) is 24.5 Å². The summed E-state index contributed by atoms with van der Waals surface area (Å²) in [5.74, 6) is 2.59. The molecule has 1 saturated heterocycles. The van der Waals surface area contributed by atoms with Gasteiger partial charge in [-0.3, -0.25) is 0 Å². The lowest BCUT2D eigenvalue weighted by molar-refractivity contribution is 0.114. The van der Waals surface area contributed by atoms with Gasteiger partial charge in [-0.2, -0.15) is 0 Å². The van der Waals surface area contributed by atoms with E-state index in [-0.39, 0.29) is 6.10 Å². The van der Waals surface area contributed by atoms with E-state index in [1.807, 2.05) is 12.1 Å². The number of furan rings is 1. The Hall–Kier alpha value is -2.35. The topological polar surface area (TPSA) is 89.5 Å². The van der Waals surface area contributed by atoms with Crippen LogP contribution in [0.15, 0.2) is 34.1 Å². The van der Waals surface area contributed by atoms with Gasteiger partial charge in [0.2, 0.25) is 0 Å². The van der Waals surface area contributed by atoms with Crippen molar-refractivity contribution in [1.29, 1.82) is 0 Å². The van der Waals surface area contributed by atoms with Gasteiger partial charge in [-0.15, -0.1) is 10.2 Å². The van der Waals surface area contributed by atoms with Crippen LogP contribution in [0.25, 0.3) is 0 Å². The molecule has 1 aliphatic heterocycles. The van der Waals surface area contributed by atoms with Crippen molar-refractivity contribution in [2.45, 2.75) is 45.4 Å². The second-order valence-electron chi connectivity index (χ2n) is 5.98. The van der Waals surface area contributed by atoms with Gasteiger partial charge in [-0.25, -0.2) is 4.99 Å². The Morgan fingerprint density at radius 3 is 3.16 bits per heavy atom. The third kappa shape index (κ3) is 5.32. The minimum absolute atomic E-state index is 0.264. The van der Waals surface area contributed by atoms with Gasteiger partial charge in [-0.05, 0) is 25.0 Å². The van der Waals surface area contributed by atoms with Crippen molar-refractivity contribution in [1.82, 2.24) is 25.4 Å². The van der Waals surface area contributed by atoms with Crippen LogP contribution in [0.3, 0.4) is 0 Å². The Bertz CT molecular complexity index is 646. The normalized spacial score (nSPS) is 17.8. The molecule has 8 nitrogen and oxygen atoms in total. The van der Waals surface area contributed by atoms with Crippen LogP contribution in [0.2, 0.25) is 0 Å². The fourth-order valence-corrected chi connectivity index (χ4v) is 2.78. The highest BCUT2D eigenvalue weighted by atomic mass is 16.5. The molecule has 1 atom stereocenters. The standard InChI is InChI=1S/C17H26N6O2/c1-2-16-22-21-13-23(16)8-7-18-17(19-11-14-5-3-9-24-14)20-12-15-6-4-10-25-15/h3,5,9,13,15H,2,4,6-8,10-12H2,1H3,(H2,18,19,20). The summed E-state index contributed by atoms with van der Waals surface area (Å²) in [6, 6.07) is 3.79. The molecule has 8 heteroatoms. The van der Waals surface area contributed by atoms with Crippen LogP contribution in [0.1, 0.15) is 31.4 Å². The number of hydrogen-bond acceptors (Lipinski definition) is 5. The number of rotatable bonds is 8. The van der Waals surface area contributed by atoms with E-state index in [0.717, 1.165) is 63.0 Å². The first-order valence-electron chi connectivity index (χ1n) is 8.88. The zero-order chi connectivity index (χ0) is 17.3. The third-order valence-corrected chi connectivity index (χ3v) is 4.15. The van der Waals surface area contributed by atoms with Crippen molar-refractivity contribution in [3.63, 3.8) is 0 Å². The van der Waals surface area contributed by atoms with E-state index in [1.54, 1.807) is 12.6 Å². The van der Waals surface area contributed by atoms with Gasteiger partial charge < -0.3 is 24.4 Å². The molecule has 3 heterocycles. The van der Waals surface area contributed by atoms with Crippen molar-refractivity contribution in [3.05, 3.63) is 36.3 Å². The molecule has 0 saturated carbocycles. The zero-order valence-corrected chi connectivity index (χ0v) is 14.6. The average molecular weight is 346 g/mol. The first-order valence-corrected chi connectivity index (χ1v) is 8.88. The largest absolute Gasteiger partial charge is 0.467 e. The fraction of sp³-hybridized carbons (Fsp3) is 0.588. The lowest BCUT2D eigenvalue weighted by Crippen LogP contribution is -2.42. The Morgan fingerprint density at radius 2 is 2.40 bits per heavy atom. The molecule has 25 heavy (non-hydrogen) atoms. The van der Waals surface area contributed by atoms with E-state index in [4.69, 9.17) is 9.15 Å². The number of ether oxygens (including phenoxy) is 1. The van der Waals surface area contributed by atoms with Gasteiger partial charge in [0.05, 0.1) is 12.4 Å². The van der Waals surface area contributed by atoms with E-state index < -0.39 is 0 Å². The van der Waals surface area contributed by atoms with E-state index in [0.29, 0.717) is 6.54 Å². The first kappa shape index (κ1) is 17.5. The van der Waals surface area contributed by atoms with E-state index in [1.165, 1.54) is 0 Å². The molecule has 0 bridgehead atoms. The molecule has 0 aromatic carbocycles. The Kier molecular flexibility index (Phi) is 6.44. The van der Waals surface area contributed by atoms with E-state index >= 15 is 0 Å². The van der Waals surface area contributed by atoms with Crippen LogP contribution < -0.4 is 10.6 Å². The minimum atomic E-state index is 0.264. The Labute approximate surface area is 147 Å². The molecule has 0 amide bonds. The summed E-state index contributed by atoms with van der Waals surface area (Å²) in [6.07, 6.45) is 6.79. The fourth-order valence-electron chi connectivity index (χ4n) is 2.78. The smallest absolute Gasteiger partial charge is 0.191 e. The number of guanidine groups is 1. The van der Waals surface area contributed by atoms with Crippen LogP contribution in [-0.2, 0) is 24.2 Å². The maximum Gasteiger partial charge on any atom is 0.191 e. The van der Waals surface area contributed by atoms with Crippen molar-refractivity contribution in [3.8, 4) is 0 Å². The van der Waals surface area contributed by atoms with E-state index in [2.05, 4.69) is 37.3 Å². The van der Waals surface area contributed by atoms with Crippen molar-refractivity contribution >= 4 is 5.96 Å². The molecule has 2 N–H and O–H groups in total. The number of nitrogens with zero attached hydrogens (tertiary/aromatic N) is 4. The molecule has 2 aromatic heterocycles. The number of aryl methyl sites for hydroxylation is 1. The Morgan fingerprint density at radius 1 is 1.44 bits per heavy atom. The molecule has 1 aliphatic rings. The summed E-state index contributed by atoms with van der Waals surface area (Å²) >= 11 is 0. The molecule has 2 aromatic rings. The lowest BCUT2D eigenvalue weighted by atomic mass is 10.2. The SMILES string of the molecule is CCc1nncn1CCNC(=NCc1ccco1)NCC1CCCO1. The molecule has 0 aliphatic carbocycles. The molecule has 1 fully saturated rings. The average Bonchev–Trinajstić information content (AvgIpc) is 3.39. The maximum atomic E-state index is 5.66. The lowest BCUT2D eigenvalue weighted by Gasteiger charge is -2.16. The second-order valence-corrected chi connectivity index (χ2v) is 5.98. The summed E-state index contributed by atoms with van der Waals surface area (Å²) in [4.78, 5) is 4.59. The van der Waals surface area contributed by atoms with Crippen LogP contribution in [0, 0.1) is 0 Å². The Balaban J connectivity index is 1.52. The highest BCUT2D eigenvalue weighted by Gasteiger charge is 2.15. The summed E-state index contributed by atoms with van der Waals surface area (Å²) in [6.45, 7) is 5.72. The molecule has 136 valence electrons. The molecule has 1 unspecified atom stereocenters.